The highest BCUT2D eigenvalue weighted by Crippen LogP contribution is 2.38. The van der Waals surface area contributed by atoms with E-state index in [-0.39, 0.29) is 0 Å². The summed E-state index contributed by atoms with van der Waals surface area (Å²) in [6.07, 6.45) is 3.42. The van der Waals surface area contributed by atoms with E-state index in [0.717, 1.165) is 19.5 Å². The largest absolute Gasteiger partial charge is 0.344 e. The lowest BCUT2D eigenvalue weighted by Crippen LogP contribution is -2.16. The number of benzene rings is 1. The molecule has 0 amide bonds. The lowest BCUT2D eigenvalue weighted by molar-refractivity contribution is 0.551. The Morgan fingerprint density at radius 1 is 0.955 bits per heavy atom. The minimum atomic E-state index is 1.07. The quantitative estimate of drug-likeness (QED) is 0.640. The lowest BCUT2D eigenvalue weighted by Gasteiger charge is -2.21. The fraction of sp³-hybridized carbons (Fsp3) is 0.300. The second kappa shape index (κ2) is 4.91. The monoisotopic (exact) mass is 290 g/mol. The SMILES string of the molecule is CCc1c(-c2ccc(C)cc2)cn2c1-c1ccc(C)n1CC2. The summed E-state index contributed by atoms with van der Waals surface area (Å²) >= 11 is 0. The van der Waals surface area contributed by atoms with Gasteiger partial charge in [0.25, 0.3) is 0 Å². The Balaban J connectivity index is 1.94. The fourth-order valence-electron chi connectivity index (χ4n) is 3.70. The Morgan fingerprint density at radius 3 is 2.45 bits per heavy atom. The van der Waals surface area contributed by atoms with E-state index in [1.807, 2.05) is 0 Å². The molecule has 0 N–H and O–H groups in total. The van der Waals surface area contributed by atoms with Crippen molar-refractivity contribution in [1.82, 2.24) is 9.13 Å². The molecule has 112 valence electrons. The van der Waals surface area contributed by atoms with Crippen LogP contribution >= 0.6 is 0 Å². The maximum atomic E-state index is 2.45. The molecule has 0 aliphatic carbocycles. The van der Waals surface area contributed by atoms with Crippen molar-refractivity contribution in [2.24, 2.45) is 0 Å². The van der Waals surface area contributed by atoms with Crippen molar-refractivity contribution < 1.29 is 0 Å². The second-order valence-electron chi connectivity index (χ2n) is 6.29. The number of aromatic nitrogens is 2. The topological polar surface area (TPSA) is 9.86 Å². The third-order valence-corrected chi connectivity index (χ3v) is 4.91. The van der Waals surface area contributed by atoms with Gasteiger partial charge in [-0.05, 0) is 43.5 Å². The van der Waals surface area contributed by atoms with Crippen LogP contribution in [0.1, 0.15) is 23.7 Å². The molecule has 0 radical (unpaired) electrons. The molecule has 3 heterocycles. The molecule has 0 saturated heterocycles. The molecule has 0 spiro atoms. The molecule has 22 heavy (non-hydrogen) atoms. The number of hydrogen-bond acceptors (Lipinski definition) is 0. The molecular weight excluding hydrogens is 268 g/mol. The summed E-state index contributed by atoms with van der Waals surface area (Å²) in [5.74, 6) is 0. The fourth-order valence-corrected chi connectivity index (χ4v) is 3.70. The van der Waals surface area contributed by atoms with Gasteiger partial charge in [0.1, 0.15) is 0 Å². The van der Waals surface area contributed by atoms with E-state index in [9.17, 15) is 0 Å². The van der Waals surface area contributed by atoms with E-state index in [4.69, 9.17) is 0 Å². The third-order valence-electron chi connectivity index (χ3n) is 4.91. The minimum absolute atomic E-state index is 1.07. The number of hydrogen-bond donors (Lipinski definition) is 0. The lowest BCUT2D eigenvalue weighted by atomic mass is 9.99. The first-order valence-electron chi connectivity index (χ1n) is 8.14. The average Bonchev–Trinajstić information content (AvgIpc) is 3.08. The molecule has 2 heteroatoms. The summed E-state index contributed by atoms with van der Waals surface area (Å²) in [5, 5.41) is 0. The van der Waals surface area contributed by atoms with Gasteiger partial charge in [-0.1, -0.05) is 36.8 Å². The molecule has 4 rings (SSSR count). The van der Waals surface area contributed by atoms with E-state index in [2.05, 4.69) is 72.5 Å². The second-order valence-corrected chi connectivity index (χ2v) is 6.29. The predicted molar refractivity (Wildman–Crippen MR) is 92.1 cm³/mol. The van der Waals surface area contributed by atoms with Gasteiger partial charge in [-0.15, -0.1) is 0 Å². The van der Waals surface area contributed by atoms with Crippen LogP contribution in [0.5, 0.6) is 0 Å². The third kappa shape index (κ3) is 1.87. The van der Waals surface area contributed by atoms with Crippen LogP contribution in [0.3, 0.4) is 0 Å². The van der Waals surface area contributed by atoms with Crippen LogP contribution in [0.4, 0.5) is 0 Å². The average molecular weight is 290 g/mol. The van der Waals surface area contributed by atoms with Crippen molar-refractivity contribution in [2.75, 3.05) is 0 Å². The molecule has 0 unspecified atom stereocenters. The van der Waals surface area contributed by atoms with Crippen molar-refractivity contribution in [2.45, 2.75) is 40.3 Å². The van der Waals surface area contributed by atoms with Gasteiger partial charge in [-0.25, -0.2) is 0 Å². The van der Waals surface area contributed by atoms with Crippen molar-refractivity contribution in [3.63, 3.8) is 0 Å². The number of rotatable bonds is 2. The zero-order valence-electron chi connectivity index (χ0n) is 13.6. The van der Waals surface area contributed by atoms with Gasteiger partial charge >= 0.3 is 0 Å². The molecule has 1 aromatic carbocycles. The molecule has 2 nitrogen and oxygen atoms in total. The van der Waals surface area contributed by atoms with Crippen LogP contribution in [0, 0.1) is 13.8 Å². The molecule has 1 aliphatic rings. The van der Waals surface area contributed by atoms with Gasteiger partial charge in [-0.3, -0.25) is 0 Å². The predicted octanol–water partition coefficient (Wildman–Crippen LogP) is 4.82. The molecular formula is C20H22N2. The van der Waals surface area contributed by atoms with Crippen molar-refractivity contribution >= 4 is 0 Å². The zero-order valence-corrected chi connectivity index (χ0v) is 13.6. The van der Waals surface area contributed by atoms with Crippen LogP contribution < -0.4 is 0 Å². The van der Waals surface area contributed by atoms with Crippen LogP contribution in [0.2, 0.25) is 0 Å². The number of nitrogens with zero attached hydrogens (tertiary/aromatic N) is 2. The van der Waals surface area contributed by atoms with E-state index in [1.165, 1.54) is 39.3 Å². The number of fused-ring (bicyclic) bond motifs is 3. The summed E-state index contributed by atoms with van der Waals surface area (Å²) in [4.78, 5) is 0. The summed E-state index contributed by atoms with van der Waals surface area (Å²) in [6.45, 7) is 8.76. The first-order chi connectivity index (χ1) is 10.7. The summed E-state index contributed by atoms with van der Waals surface area (Å²) < 4.78 is 4.90. The molecule has 3 aromatic rings. The summed E-state index contributed by atoms with van der Waals surface area (Å²) in [5.41, 5.74) is 9.67. The van der Waals surface area contributed by atoms with Gasteiger partial charge < -0.3 is 9.13 Å². The van der Waals surface area contributed by atoms with Gasteiger partial charge in [0, 0.05) is 30.5 Å². The van der Waals surface area contributed by atoms with Gasteiger partial charge in [0.2, 0.25) is 0 Å². The molecule has 0 bridgehead atoms. The van der Waals surface area contributed by atoms with E-state index < -0.39 is 0 Å². The Morgan fingerprint density at radius 2 is 1.73 bits per heavy atom. The Labute approximate surface area is 132 Å². The summed E-state index contributed by atoms with van der Waals surface area (Å²) in [6, 6.07) is 13.4. The van der Waals surface area contributed by atoms with E-state index in [1.54, 1.807) is 0 Å². The maximum Gasteiger partial charge on any atom is 0.0687 e. The highest BCUT2D eigenvalue weighted by atomic mass is 15.1. The minimum Gasteiger partial charge on any atom is -0.344 e. The van der Waals surface area contributed by atoms with Gasteiger partial charge in [0.05, 0.1) is 11.4 Å². The molecule has 2 aromatic heterocycles. The Kier molecular flexibility index (Phi) is 3.00. The van der Waals surface area contributed by atoms with E-state index >= 15 is 0 Å². The normalized spacial score (nSPS) is 13.0. The smallest absolute Gasteiger partial charge is 0.0687 e. The standard InChI is InChI=1S/C20H22N2/c1-4-17-18(16-8-5-14(2)6-9-16)13-21-11-12-22-15(3)7-10-19(22)20(17)21/h5-10,13H,4,11-12H2,1-3H3. The van der Waals surface area contributed by atoms with Crippen molar-refractivity contribution in [3.05, 3.63) is 59.4 Å². The molecule has 0 saturated carbocycles. The highest BCUT2D eigenvalue weighted by Gasteiger charge is 2.23. The Bertz CT molecular complexity index is 831. The number of aryl methyl sites for hydroxylation is 3. The van der Waals surface area contributed by atoms with Gasteiger partial charge in [0.15, 0.2) is 0 Å². The van der Waals surface area contributed by atoms with E-state index in [0.29, 0.717) is 0 Å². The van der Waals surface area contributed by atoms with Crippen molar-refractivity contribution in [1.29, 1.82) is 0 Å². The molecule has 0 fully saturated rings. The first-order valence-corrected chi connectivity index (χ1v) is 8.14. The van der Waals surface area contributed by atoms with Crippen LogP contribution in [-0.4, -0.2) is 9.13 Å². The highest BCUT2D eigenvalue weighted by molar-refractivity contribution is 5.77. The Hall–Kier alpha value is -2.22. The first kappa shape index (κ1) is 13.4. The van der Waals surface area contributed by atoms with Gasteiger partial charge in [-0.2, -0.15) is 0 Å². The van der Waals surface area contributed by atoms with Crippen LogP contribution in [-0.2, 0) is 19.5 Å². The molecule has 1 aliphatic heterocycles. The van der Waals surface area contributed by atoms with Crippen LogP contribution in [0.15, 0.2) is 42.6 Å². The zero-order chi connectivity index (χ0) is 15.3. The van der Waals surface area contributed by atoms with Crippen molar-refractivity contribution in [3.8, 4) is 22.5 Å². The van der Waals surface area contributed by atoms with Crippen LogP contribution in [0.25, 0.3) is 22.5 Å². The maximum absolute atomic E-state index is 2.45. The molecule has 0 atom stereocenters. The summed E-state index contributed by atoms with van der Waals surface area (Å²) in [7, 11) is 0.